The third-order valence-corrected chi connectivity index (χ3v) is 7.26. The molecule has 0 saturated heterocycles. The van der Waals surface area contributed by atoms with Crippen LogP contribution in [0.3, 0.4) is 0 Å². The van der Waals surface area contributed by atoms with Gasteiger partial charge in [-0.1, -0.05) is 0 Å². The Kier molecular flexibility index (Phi) is 7.55. The Morgan fingerprint density at radius 3 is 2.38 bits per heavy atom. The van der Waals surface area contributed by atoms with E-state index in [1.165, 1.54) is 20.1 Å². The Labute approximate surface area is 227 Å². The highest BCUT2D eigenvalue weighted by Crippen LogP contribution is 2.43. The van der Waals surface area contributed by atoms with Crippen LogP contribution in [0.5, 0.6) is 0 Å². The van der Waals surface area contributed by atoms with Crippen molar-refractivity contribution in [2.75, 3.05) is 20.8 Å². The number of carbonyl (C=O) groups is 1. The van der Waals surface area contributed by atoms with Crippen molar-refractivity contribution in [2.24, 2.45) is 4.99 Å². The van der Waals surface area contributed by atoms with Gasteiger partial charge in [0.15, 0.2) is 5.69 Å². The number of methoxy groups -OCH3 is 1. The van der Waals surface area contributed by atoms with Gasteiger partial charge >= 0.3 is 6.18 Å². The molecule has 3 heterocycles. The average Bonchev–Trinajstić information content (AvgIpc) is 3.53. The molecule has 2 aliphatic heterocycles. The van der Waals surface area contributed by atoms with Crippen LogP contribution in [-0.4, -0.2) is 47.2 Å². The molecule has 13 heteroatoms. The molecule has 208 valence electrons. The highest BCUT2D eigenvalue weighted by Gasteiger charge is 2.40. The number of benzene rings is 1. The van der Waals surface area contributed by atoms with Crippen LogP contribution in [0.15, 0.2) is 39.8 Å². The molecule has 1 aromatic heterocycles. The number of nitriles is 2. The van der Waals surface area contributed by atoms with Crippen LogP contribution < -0.4 is 5.32 Å². The summed E-state index contributed by atoms with van der Waals surface area (Å²) in [4.78, 5) is 19.0. The first-order valence-electron chi connectivity index (χ1n) is 12.1. The van der Waals surface area contributed by atoms with Gasteiger partial charge in [0.1, 0.15) is 11.7 Å². The SMILES string of the molecule is COCCn1cc(C(=O)NC2=NCc3c2cc(C2C(C#N)=C(C)N(C)C(C)=C2C#N)c(F)c3C)c(C(F)(F)F)n1. The van der Waals surface area contributed by atoms with Crippen LogP contribution in [0, 0.1) is 35.4 Å². The smallest absolute Gasteiger partial charge is 0.383 e. The van der Waals surface area contributed by atoms with Crippen LogP contribution in [0.4, 0.5) is 17.6 Å². The molecular weight excluding hydrogens is 530 g/mol. The molecular formula is C27H25F4N7O2. The van der Waals surface area contributed by atoms with Gasteiger partial charge in [-0.25, -0.2) is 4.39 Å². The summed E-state index contributed by atoms with van der Waals surface area (Å²) in [6.07, 6.45) is -3.91. The fourth-order valence-corrected chi connectivity index (χ4v) is 4.88. The number of alkyl halides is 3. The molecule has 40 heavy (non-hydrogen) atoms. The number of aliphatic imine (C=N–C) groups is 1. The first kappa shape index (κ1) is 28.5. The number of allylic oxidation sites excluding steroid dienone is 4. The van der Waals surface area contributed by atoms with Crippen molar-refractivity contribution >= 4 is 11.7 Å². The Morgan fingerprint density at radius 1 is 1.20 bits per heavy atom. The fraction of sp³-hybridized carbons (Fsp3) is 0.370. The number of fused-ring (bicyclic) bond motifs is 1. The van der Waals surface area contributed by atoms with Crippen molar-refractivity contribution in [2.45, 2.75) is 46.0 Å². The molecule has 0 bridgehead atoms. The topological polar surface area (TPSA) is 119 Å². The second-order valence-electron chi connectivity index (χ2n) is 9.41. The summed E-state index contributed by atoms with van der Waals surface area (Å²) < 4.78 is 62.6. The molecule has 4 rings (SSSR count). The van der Waals surface area contributed by atoms with E-state index in [1.54, 1.807) is 25.8 Å². The maximum atomic E-state index is 15.8. The number of halogens is 4. The first-order valence-corrected chi connectivity index (χ1v) is 12.1. The predicted molar refractivity (Wildman–Crippen MR) is 135 cm³/mol. The number of amidine groups is 1. The molecule has 1 amide bonds. The summed E-state index contributed by atoms with van der Waals surface area (Å²) >= 11 is 0. The molecule has 0 saturated carbocycles. The summed E-state index contributed by atoms with van der Waals surface area (Å²) in [6.45, 7) is 4.97. The van der Waals surface area contributed by atoms with Gasteiger partial charge in [-0.3, -0.25) is 14.5 Å². The summed E-state index contributed by atoms with van der Waals surface area (Å²) in [5.41, 5.74) is 0.369. The van der Waals surface area contributed by atoms with Crippen LogP contribution in [-0.2, 0) is 24.0 Å². The lowest BCUT2D eigenvalue weighted by Gasteiger charge is -2.33. The number of ether oxygens (including phenoxy) is 1. The summed E-state index contributed by atoms with van der Waals surface area (Å²) in [7, 11) is 3.09. The number of nitrogens with one attached hydrogen (secondary N) is 1. The lowest BCUT2D eigenvalue weighted by molar-refractivity contribution is -0.141. The summed E-state index contributed by atoms with van der Waals surface area (Å²) in [5.74, 6) is -2.78. The Hall–Kier alpha value is -4.49. The average molecular weight is 556 g/mol. The Bertz CT molecular complexity index is 1550. The Morgan fingerprint density at radius 2 is 1.82 bits per heavy atom. The lowest BCUT2D eigenvalue weighted by atomic mass is 9.79. The van der Waals surface area contributed by atoms with E-state index in [0.717, 1.165) is 10.9 Å². The highest BCUT2D eigenvalue weighted by atomic mass is 19.4. The van der Waals surface area contributed by atoms with Crippen LogP contribution in [0.1, 0.15) is 58.1 Å². The second-order valence-corrected chi connectivity index (χ2v) is 9.41. The highest BCUT2D eigenvalue weighted by molar-refractivity contribution is 6.14. The minimum absolute atomic E-state index is 0.00261. The zero-order valence-corrected chi connectivity index (χ0v) is 22.4. The molecule has 1 N–H and O–H groups in total. The molecule has 0 atom stereocenters. The number of rotatable bonds is 5. The van der Waals surface area contributed by atoms with Gasteiger partial charge < -0.3 is 15.0 Å². The van der Waals surface area contributed by atoms with Crippen molar-refractivity contribution < 1.29 is 27.1 Å². The monoisotopic (exact) mass is 555 g/mol. The minimum Gasteiger partial charge on any atom is -0.383 e. The maximum Gasteiger partial charge on any atom is 0.435 e. The van der Waals surface area contributed by atoms with E-state index < -0.39 is 35.1 Å². The maximum absolute atomic E-state index is 15.8. The van der Waals surface area contributed by atoms with E-state index >= 15 is 4.39 Å². The van der Waals surface area contributed by atoms with E-state index in [-0.39, 0.29) is 47.8 Å². The van der Waals surface area contributed by atoms with E-state index in [4.69, 9.17) is 4.74 Å². The van der Waals surface area contributed by atoms with Crippen LogP contribution >= 0.6 is 0 Å². The van der Waals surface area contributed by atoms with Gasteiger partial charge in [0.05, 0.1) is 54.5 Å². The molecule has 0 unspecified atom stereocenters. The number of hydrogen-bond acceptors (Lipinski definition) is 7. The fourth-order valence-electron chi connectivity index (χ4n) is 4.88. The third-order valence-electron chi connectivity index (χ3n) is 7.26. The lowest BCUT2D eigenvalue weighted by Crippen LogP contribution is -2.32. The quantitative estimate of drug-likeness (QED) is 0.550. The number of aromatic nitrogens is 2. The standard InChI is InChI=1S/C27H25F4N7O2/c1-13-20-11-34-25(35-26(39)21-12-38(6-7-40-5)36-24(21)27(29,30)31)16(20)8-17(23(13)28)22-18(9-32)14(2)37(4)15(3)19(22)10-33/h8,12,22H,6-7,11H2,1-5H3,(H,34,35,39). The van der Waals surface area contributed by atoms with E-state index in [1.807, 2.05) is 0 Å². The Balaban J connectivity index is 1.77. The summed E-state index contributed by atoms with van der Waals surface area (Å²) in [6, 6.07) is 5.60. The van der Waals surface area contributed by atoms with Crippen LogP contribution in [0.2, 0.25) is 0 Å². The third kappa shape index (κ3) is 4.73. The first-order chi connectivity index (χ1) is 18.8. The zero-order valence-electron chi connectivity index (χ0n) is 22.4. The number of carbonyl (C=O) groups excluding carboxylic acids is 1. The molecule has 1 aromatic carbocycles. The molecule has 9 nitrogen and oxygen atoms in total. The molecule has 2 aromatic rings. The van der Waals surface area contributed by atoms with Crippen molar-refractivity contribution in [3.05, 3.63) is 74.1 Å². The second kappa shape index (κ2) is 10.6. The van der Waals surface area contributed by atoms with E-state index in [0.29, 0.717) is 22.5 Å². The molecule has 0 fully saturated rings. The molecule has 0 aliphatic carbocycles. The molecule has 0 spiro atoms. The van der Waals surface area contributed by atoms with Gasteiger partial charge in [0, 0.05) is 42.9 Å². The van der Waals surface area contributed by atoms with E-state index in [2.05, 4.69) is 27.5 Å². The van der Waals surface area contributed by atoms with Crippen molar-refractivity contribution in [1.82, 2.24) is 20.0 Å². The van der Waals surface area contributed by atoms with Gasteiger partial charge in [-0.2, -0.15) is 28.8 Å². The van der Waals surface area contributed by atoms with Gasteiger partial charge in [0.25, 0.3) is 5.91 Å². The van der Waals surface area contributed by atoms with Crippen molar-refractivity contribution in [3.8, 4) is 12.1 Å². The number of amides is 1. The van der Waals surface area contributed by atoms with Gasteiger partial charge in [-0.05, 0) is 38.0 Å². The van der Waals surface area contributed by atoms with Gasteiger partial charge in [0.2, 0.25) is 0 Å². The zero-order chi connectivity index (χ0) is 29.5. The van der Waals surface area contributed by atoms with Gasteiger partial charge in [-0.15, -0.1) is 0 Å². The van der Waals surface area contributed by atoms with Crippen LogP contribution in [0.25, 0.3) is 0 Å². The molecule has 0 radical (unpaired) electrons. The normalized spacial score (nSPS) is 15.7. The molecule has 2 aliphatic rings. The predicted octanol–water partition coefficient (Wildman–Crippen LogP) is 4.31. The minimum atomic E-state index is -4.89. The van der Waals surface area contributed by atoms with Crippen molar-refractivity contribution in [3.63, 3.8) is 0 Å². The summed E-state index contributed by atoms with van der Waals surface area (Å²) in [5, 5.41) is 25.8. The largest absolute Gasteiger partial charge is 0.435 e. The van der Waals surface area contributed by atoms with Crippen molar-refractivity contribution in [1.29, 1.82) is 10.5 Å². The van der Waals surface area contributed by atoms with E-state index in [9.17, 15) is 28.5 Å². The number of nitrogens with zero attached hydrogens (tertiary/aromatic N) is 6. The number of hydrogen-bond donors (Lipinski definition) is 1.